The molecule has 1 fully saturated rings. The van der Waals surface area contributed by atoms with E-state index < -0.39 is 0 Å². The first-order valence-electron chi connectivity index (χ1n) is 6.83. The minimum Gasteiger partial charge on any atom is -0.488 e. The Morgan fingerprint density at radius 3 is 2.78 bits per heavy atom. The van der Waals surface area contributed by atoms with E-state index in [0.29, 0.717) is 17.9 Å². The zero-order valence-corrected chi connectivity index (χ0v) is 13.0. The van der Waals surface area contributed by atoms with Crippen LogP contribution in [0.3, 0.4) is 0 Å². The minimum atomic E-state index is 0.338. The Kier molecular flexibility index (Phi) is 4.66. The molecule has 1 heterocycles. The van der Waals surface area contributed by atoms with E-state index in [0.717, 1.165) is 22.6 Å². The summed E-state index contributed by atoms with van der Waals surface area (Å²) in [6.07, 6.45) is 7.71. The molecular weight excluding hydrogens is 290 g/mol. The molecule has 1 aromatic rings. The first-order chi connectivity index (χ1) is 8.56. The molecule has 100 valence electrons. The average Bonchev–Trinajstić information content (AvgIpc) is 2.28. The maximum Gasteiger partial charge on any atom is 0.139 e. The van der Waals surface area contributed by atoms with E-state index in [9.17, 15) is 0 Å². The van der Waals surface area contributed by atoms with Crippen molar-refractivity contribution in [2.45, 2.75) is 46.1 Å². The van der Waals surface area contributed by atoms with Gasteiger partial charge in [0, 0.05) is 10.7 Å². The Morgan fingerprint density at radius 2 is 2.11 bits per heavy atom. The fraction of sp³-hybridized carbons (Fsp3) is 0.667. The van der Waals surface area contributed by atoms with Gasteiger partial charge in [0.25, 0.3) is 0 Å². The molecule has 0 spiro atoms. The number of nitrogens with zero attached hydrogens (tertiary/aromatic N) is 1. The lowest BCUT2D eigenvalue weighted by Crippen LogP contribution is -2.36. The molecule has 0 aliphatic heterocycles. The second-order valence-corrected chi connectivity index (χ2v) is 6.74. The molecule has 1 saturated carbocycles. The highest BCUT2D eigenvalue weighted by molar-refractivity contribution is 9.10. The SMILES string of the molecule is CC1CCC(C(C)C)C(Oc2cncc(Br)c2)C1. The Bertz CT molecular complexity index is 394. The summed E-state index contributed by atoms with van der Waals surface area (Å²) >= 11 is 3.44. The van der Waals surface area contributed by atoms with Gasteiger partial charge in [0.2, 0.25) is 0 Å². The molecule has 0 bridgehead atoms. The molecule has 2 nitrogen and oxygen atoms in total. The third-order valence-corrected chi connectivity index (χ3v) is 4.36. The van der Waals surface area contributed by atoms with E-state index in [1.165, 1.54) is 12.8 Å². The van der Waals surface area contributed by atoms with Crippen molar-refractivity contribution in [3.8, 4) is 5.75 Å². The van der Waals surface area contributed by atoms with E-state index in [4.69, 9.17) is 4.74 Å². The normalized spacial score (nSPS) is 28.4. The molecule has 3 unspecified atom stereocenters. The van der Waals surface area contributed by atoms with Crippen molar-refractivity contribution in [1.29, 1.82) is 0 Å². The quantitative estimate of drug-likeness (QED) is 0.808. The molecule has 3 heteroatoms. The van der Waals surface area contributed by atoms with E-state index >= 15 is 0 Å². The highest BCUT2D eigenvalue weighted by atomic mass is 79.9. The Balaban J connectivity index is 2.08. The molecule has 0 radical (unpaired) electrons. The van der Waals surface area contributed by atoms with Gasteiger partial charge in [-0.25, -0.2) is 0 Å². The fourth-order valence-electron chi connectivity index (χ4n) is 2.88. The zero-order chi connectivity index (χ0) is 13.1. The first kappa shape index (κ1) is 13.9. The molecule has 3 atom stereocenters. The van der Waals surface area contributed by atoms with Crippen LogP contribution in [0.2, 0.25) is 0 Å². The third kappa shape index (κ3) is 3.47. The number of rotatable bonds is 3. The lowest BCUT2D eigenvalue weighted by atomic mass is 9.75. The summed E-state index contributed by atoms with van der Waals surface area (Å²) < 4.78 is 7.16. The number of halogens is 1. The predicted molar refractivity (Wildman–Crippen MR) is 77.7 cm³/mol. The maximum atomic E-state index is 6.19. The van der Waals surface area contributed by atoms with Gasteiger partial charge < -0.3 is 4.74 Å². The van der Waals surface area contributed by atoms with Crippen LogP contribution in [0, 0.1) is 17.8 Å². The van der Waals surface area contributed by atoms with Crippen LogP contribution in [0.4, 0.5) is 0 Å². The zero-order valence-electron chi connectivity index (χ0n) is 11.4. The van der Waals surface area contributed by atoms with Crippen LogP contribution in [-0.4, -0.2) is 11.1 Å². The van der Waals surface area contributed by atoms with E-state index in [1.807, 2.05) is 6.07 Å². The lowest BCUT2D eigenvalue weighted by Gasteiger charge is -2.37. The van der Waals surface area contributed by atoms with Crippen LogP contribution in [0.5, 0.6) is 5.75 Å². The lowest BCUT2D eigenvalue weighted by molar-refractivity contribution is 0.0457. The van der Waals surface area contributed by atoms with Crippen LogP contribution < -0.4 is 4.74 Å². The first-order valence-corrected chi connectivity index (χ1v) is 7.62. The van der Waals surface area contributed by atoms with Crippen molar-refractivity contribution in [1.82, 2.24) is 4.98 Å². The predicted octanol–water partition coefficient (Wildman–Crippen LogP) is 4.68. The molecule has 0 N–H and O–H groups in total. The number of ether oxygens (including phenoxy) is 1. The topological polar surface area (TPSA) is 22.1 Å². The monoisotopic (exact) mass is 311 g/mol. The Labute approximate surface area is 118 Å². The number of hydrogen-bond acceptors (Lipinski definition) is 2. The van der Waals surface area contributed by atoms with Gasteiger partial charge in [0.15, 0.2) is 0 Å². The van der Waals surface area contributed by atoms with Gasteiger partial charge in [-0.05, 0) is 52.6 Å². The maximum absolute atomic E-state index is 6.19. The molecule has 1 aliphatic rings. The van der Waals surface area contributed by atoms with Crippen molar-refractivity contribution < 1.29 is 4.74 Å². The van der Waals surface area contributed by atoms with Gasteiger partial charge in [-0.1, -0.05) is 27.2 Å². The van der Waals surface area contributed by atoms with Gasteiger partial charge in [0.05, 0.1) is 6.20 Å². The second kappa shape index (κ2) is 6.05. The molecule has 0 amide bonds. The standard InChI is InChI=1S/C15H22BrNO/c1-10(2)14-5-4-11(3)6-15(14)18-13-7-12(16)8-17-9-13/h7-11,14-15H,4-6H2,1-3H3. The van der Waals surface area contributed by atoms with E-state index in [2.05, 4.69) is 41.7 Å². The van der Waals surface area contributed by atoms with Crippen molar-refractivity contribution in [2.24, 2.45) is 17.8 Å². The van der Waals surface area contributed by atoms with Crippen molar-refractivity contribution in [3.63, 3.8) is 0 Å². The van der Waals surface area contributed by atoms with Crippen LogP contribution in [0.1, 0.15) is 40.0 Å². The van der Waals surface area contributed by atoms with Crippen molar-refractivity contribution >= 4 is 15.9 Å². The minimum absolute atomic E-state index is 0.338. The van der Waals surface area contributed by atoms with Crippen molar-refractivity contribution in [2.75, 3.05) is 0 Å². The average molecular weight is 312 g/mol. The van der Waals surface area contributed by atoms with E-state index in [1.54, 1.807) is 12.4 Å². The third-order valence-electron chi connectivity index (χ3n) is 3.93. The van der Waals surface area contributed by atoms with Crippen LogP contribution >= 0.6 is 15.9 Å². The molecule has 2 rings (SSSR count). The molecule has 1 aromatic heterocycles. The highest BCUT2D eigenvalue weighted by Crippen LogP contribution is 2.36. The molecule has 0 saturated heterocycles. The van der Waals surface area contributed by atoms with Crippen LogP contribution in [-0.2, 0) is 0 Å². The molecule has 18 heavy (non-hydrogen) atoms. The van der Waals surface area contributed by atoms with Crippen LogP contribution in [0.25, 0.3) is 0 Å². The van der Waals surface area contributed by atoms with E-state index in [-0.39, 0.29) is 0 Å². The number of aromatic nitrogens is 1. The summed E-state index contributed by atoms with van der Waals surface area (Å²) in [4.78, 5) is 4.17. The highest BCUT2D eigenvalue weighted by Gasteiger charge is 2.32. The van der Waals surface area contributed by atoms with Gasteiger partial charge in [-0.2, -0.15) is 0 Å². The van der Waals surface area contributed by atoms with Crippen LogP contribution in [0.15, 0.2) is 22.9 Å². The smallest absolute Gasteiger partial charge is 0.139 e. The summed E-state index contributed by atoms with van der Waals surface area (Å²) in [6, 6.07) is 2.00. The van der Waals surface area contributed by atoms with Gasteiger partial charge in [-0.3, -0.25) is 4.98 Å². The Morgan fingerprint density at radius 1 is 1.33 bits per heavy atom. The second-order valence-electron chi connectivity index (χ2n) is 5.82. The summed E-state index contributed by atoms with van der Waals surface area (Å²) in [7, 11) is 0. The summed E-state index contributed by atoms with van der Waals surface area (Å²) in [5, 5.41) is 0. The number of hydrogen-bond donors (Lipinski definition) is 0. The molecular formula is C15H22BrNO. The summed E-state index contributed by atoms with van der Waals surface area (Å²) in [6.45, 7) is 6.93. The molecule has 0 aromatic carbocycles. The summed E-state index contributed by atoms with van der Waals surface area (Å²) in [5.41, 5.74) is 0. The largest absolute Gasteiger partial charge is 0.488 e. The van der Waals surface area contributed by atoms with Gasteiger partial charge >= 0.3 is 0 Å². The number of pyridine rings is 1. The molecule has 1 aliphatic carbocycles. The summed E-state index contributed by atoms with van der Waals surface area (Å²) in [5.74, 6) is 3.00. The fourth-order valence-corrected chi connectivity index (χ4v) is 3.23. The van der Waals surface area contributed by atoms with Crippen molar-refractivity contribution in [3.05, 3.63) is 22.9 Å². The van der Waals surface area contributed by atoms with Gasteiger partial charge in [-0.15, -0.1) is 0 Å². The van der Waals surface area contributed by atoms with Gasteiger partial charge in [0.1, 0.15) is 11.9 Å². The Hall–Kier alpha value is -0.570.